The first kappa shape index (κ1) is 23.1. The Bertz CT molecular complexity index is 909. The molecule has 0 saturated carbocycles. The summed E-state index contributed by atoms with van der Waals surface area (Å²) >= 11 is 0. The standard InChI is InChI=1S/C17H23N3O8/c1-9(2)13(24)11(22)7-19-15(26)18(5-6-21)16(27)20(17(19)28)8-12(23)14(25)10(3)4/h11-12,21-23H,1,3,5-8H2,2,4H3. The van der Waals surface area contributed by atoms with Gasteiger partial charge in [-0.05, 0) is 25.0 Å². The third kappa shape index (κ3) is 4.88. The second kappa shape index (κ2) is 9.35. The molecule has 0 bridgehead atoms. The number of hydrogen-bond donors (Lipinski definition) is 3. The SMILES string of the molecule is C=C(C)C(=O)C(O)Cn1c(=O)n(CCO)c(=O)n(CC(O)C(=O)C(=C)C)c1=O. The number of nitrogens with zero attached hydrogens (tertiary/aromatic N) is 3. The molecule has 1 aromatic rings. The highest BCUT2D eigenvalue weighted by Gasteiger charge is 2.24. The fraction of sp³-hybridized carbons (Fsp3) is 0.471. The van der Waals surface area contributed by atoms with Gasteiger partial charge in [-0.15, -0.1) is 0 Å². The van der Waals surface area contributed by atoms with Crippen molar-refractivity contribution in [2.24, 2.45) is 0 Å². The average molecular weight is 397 g/mol. The highest BCUT2D eigenvalue weighted by molar-refractivity contribution is 5.97. The number of rotatable bonds is 10. The molecule has 3 N–H and O–H groups in total. The molecule has 0 aliphatic carbocycles. The van der Waals surface area contributed by atoms with Gasteiger partial charge in [-0.3, -0.25) is 9.59 Å². The molecule has 11 heteroatoms. The van der Waals surface area contributed by atoms with Crippen molar-refractivity contribution >= 4 is 11.6 Å². The van der Waals surface area contributed by atoms with Crippen LogP contribution in [0.1, 0.15) is 13.8 Å². The van der Waals surface area contributed by atoms with Gasteiger partial charge in [0.05, 0.1) is 26.2 Å². The second-order valence-electron chi connectivity index (χ2n) is 6.26. The highest BCUT2D eigenvalue weighted by atomic mass is 16.3. The Morgan fingerprint density at radius 1 is 0.821 bits per heavy atom. The predicted octanol–water partition coefficient (Wildman–Crippen LogP) is -2.82. The van der Waals surface area contributed by atoms with Gasteiger partial charge in [0.2, 0.25) is 0 Å². The van der Waals surface area contributed by atoms with Crippen LogP contribution in [-0.2, 0) is 29.2 Å². The van der Waals surface area contributed by atoms with Crippen molar-refractivity contribution in [2.75, 3.05) is 6.61 Å². The molecule has 0 fully saturated rings. The molecule has 1 rings (SSSR count). The number of aliphatic hydroxyl groups excluding tert-OH is 3. The number of ketones is 2. The van der Waals surface area contributed by atoms with E-state index in [-0.39, 0.29) is 11.1 Å². The van der Waals surface area contributed by atoms with E-state index in [1.54, 1.807) is 0 Å². The molecule has 0 saturated heterocycles. The van der Waals surface area contributed by atoms with E-state index in [1.807, 2.05) is 0 Å². The summed E-state index contributed by atoms with van der Waals surface area (Å²) in [4.78, 5) is 61.0. The summed E-state index contributed by atoms with van der Waals surface area (Å²) in [6.45, 7) is 6.75. The topological polar surface area (TPSA) is 161 Å². The fourth-order valence-corrected chi connectivity index (χ4v) is 2.37. The fourth-order valence-electron chi connectivity index (χ4n) is 2.37. The van der Waals surface area contributed by atoms with E-state index in [9.17, 15) is 34.2 Å². The molecule has 0 aliphatic heterocycles. The van der Waals surface area contributed by atoms with E-state index in [4.69, 9.17) is 5.11 Å². The lowest BCUT2D eigenvalue weighted by molar-refractivity contribution is -0.124. The van der Waals surface area contributed by atoms with Gasteiger partial charge < -0.3 is 15.3 Å². The molecule has 28 heavy (non-hydrogen) atoms. The molecule has 1 heterocycles. The predicted molar refractivity (Wildman–Crippen MR) is 98.0 cm³/mol. The van der Waals surface area contributed by atoms with E-state index >= 15 is 0 Å². The minimum atomic E-state index is -1.78. The van der Waals surface area contributed by atoms with E-state index in [0.29, 0.717) is 13.7 Å². The number of hydrogen-bond acceptors (Lipinski definition) is 8. The van der Waals surface area contributed by atoms with Crippen LogP contribution < -0.4 is 17.1 Å². The molecule has 0 amide bonds. The Kier molecular flexibility index (Phi) is 7.73. The van der Waals surface area contributed by atoms with Crippen LogP contribution in [0.25, 0.3) is 0 Å². The maximum absolute atomic E-state index is 12.6. The first-order valence-electron chi connectivity index (χ1n) is 8.24. The first-order chi connectivity index (χ1) is 12.9. The minimum Gasteiger partial charge on any atom is -0.395 e. The third-order valence-corrected chi connectivity index (χ3v) is 3.87. The zero-order valence-corrected chi connectivity index (χ0v) is 15.6. The monoisotopic (exact) mass is 397 g/mol. The third-order valence-electron chi connectivity index (χ3n) is 3.87. The van der Waals surface area contributed by atoms with Gasteiger partial charge in [-0.1, -0.05) is 13.2 Å². The van der Waals surface area contributed by atoms with Crippen molar-refractivity contribution in [1.29, 1.82) is 0 Å². The molecule has 2 atom stereocenters. The van der Waals surface area contributed by atoms with Crippen LogP contribution in [0.4, 0.5) is 0 Å². The van der Waals surface area contributed by atoms with Gasteiger partial charge in [-0.25, -0.2) is 28.1 Å². The zero-order chi connectivity index (χ0) is 21.8. The second-order valence-corrected chi connectivity index (χ2v) is 6.26. The lowest BCUT2D eigenvalue weighted by atomic mass is 10.1. The quantitative estimate of drug-likeness (QED) is 0.356. The van der Waals surface area contributed by atoms with Gasteiger partial charge in [0.25, 0.3) is 0 Å². The number of aromatic nitrogens is 3. The van der Waals surface area contributed by atoms with Crippen LogP contribution in [0.2, 0.25) is 0 Å². The van der Waals surface area contributed by atoms with Gasteiger partial charge in [-0.2, -0.15) is 0 Å². The van der Waals surface area contributed by atoms with Crippen molar-refractivity contribution in [2.45, 2.75) is 45.7 Å². The van der Waals surface area contributed by atoms with Gasteiger partial charge in [0.1, 0.15) is 12.2 Å². The number of carbonyl (C=O) groups is 2. The summed E-state index contributed by atoms with van der Waals surface area (Å²) in [5, 5.41) is 29.0. The molecule has 0 radical (unpaired) electrons. The van der Waals surface area contributed by atoms with Gasteiger partial charge in [0, 0.05) is 0 Å². The number of carbonyl (C=O) groups excluding carboxylic acids is 2. The van der Waals surface area contributed by atoms with E-state index < -0.39 is 67.1 Å². The molecule has 154 valence electrons. The molecule has 2 unspecified atom stereocenters. The maximum atomic E-state index is 12.6. The van der Waals surface area contributed by atoms with Crippen LogP contribution in [0.15, 0.2) is 38.7 Å². The molecular weight excluding hydrogens is 374 g/mol. The minimum absolute atomic E-state index is 0.00738. The highest BCUT2D eigenvalue weighted by Crippen LogP contribution is 2.00. The lowest BCUT2D eigenvalue weighted by Crippen LogP contribution is -2.57. The van der Waals surface area contributed by atoms with Crippen molar-refractivity contribution in [1.82, 2.24) is 13.7 Å². The Hall–Kier alpha value is -2.89. The number of aliphatic hydroxyl groups is 3. The molecular formula is C17H23N3O8. The first-order valence-corrected chi connectivity index (χ1v) is 8.24. The molecule has 0 aliphatic rings. The van der Waals surface area contributed by atoms with Gasteiger partial charge >= 0.3 is 17.1 Å². The molecule has 0 aromatic carbocycles. The zero-order valence-electron chi connectivity index (χ0n) is 15.6. The Morgan fingerprint density at radius 3 is 1.43 bits per heavy atom. The van der Waals surface area contributed by atoms with Crippen molar-refractivity contribution < 1.29 is 24.9 Å². The van der Waals surface area contributed by atoms with Crippen molar-refractivity contribution in [3.8, 4) is 0 Å². The van der Waals surface area contributed by atoms with E-state index in [0.717, 1.165) is 0 Å². The van der Waals surface area contributed by atoms with Crippen LogP contribution in [0.5, 0.6) is 0 Å². The van der Waals surface area contributed by atoms with Crippen molar-refractivity contribution in [3.05, 3.63) is 55.8 Å². The summed E-state index contributed by atoms with van der Waals surface area (Å²) in [5.41, 5.74) is -3.56. The van der Waals surface area contributed by atoms with E-state index in [2.05, 4.69) is 13.2 Å². The van der Waals surface area contributed by atoms with Crippen LogP contribution in [-0.4, -0.2) is 59.4 Å². The lowest BCUT2D eigenvalue weighted by Gasteiger charge is -2.17. The van der Waals surface area contributed by atoms with Crippen LogP contribution >= 0.6 is 0 Å². The summed E-state index contributed by atoms with van der Waals surface area (Å²) in [5.74, 6) is -1.62. The average Bonchev–Trinajstić information content (AvgIpc) is 2.63. The Balaban J connectivity index is 3.57. The maximum Gasteiger partial charge on any atom is 0.336 e. The summed E-state index contributed by atoms with van der Waals surface area (Å²) in [7, 11) is 0. The van der Waals surface area contributed by atoms with Crippen molar-refractivity contribution in [3.63, 3.8) is 0 Å². The number of Topliss-reactive ketones (excluding diaryl/α,β-unsaturated/α-hetero) is 2. The van der Waals surface area contributed by atoms with E-state index in [1.165, 1.54) is 13.8 Å². The normalized spacial score (nSPS) is 13.0. The Morgan fingerprint density at radius 2 is 1.14 bits per heavy atom. The van der Waals surface area contributed by atoms with Gasteiger partial charge in [0.15, 0.2) is 11.6 Å². The summed E-state index contributed by atoms with van der Waals surface area (Å²) in [6.07, 6.45) is -3.56. The largest absolute Gasteiger partial charge is 0.395 e. The van der Waals surface area contributed by atoms with Crippen LogP contribution in [0, 0.1) is 0 Å². The smallest absolute Gasteiger partial charge is 0.336 e. The Labute approximate surface area is 159 Å². The summed E-state index contributed by atoms with van der Waals surface area (Å²) < 4.78 is 1.33. The summed E-state index contributed by atoms with van der Waals surface area (Å²) in [6, 6.07) is 0. The van der Waals surface area contributed by atoms with Crippen LogP contribution in [0.3, 0.4) is 0 Å². The molecule has 0 spiro atoms. The molecule has 1 aromatic heterocycles. The molecule has 11 nitrogen and oxygen atoms in total.